The van der Waals surface area contributed by atoms with Crippen LogP contribution in [0.4, 0.5) is 0 Å². The molecule has 2 rings (SSSR count). The first kappa shape index (κ1) is 7.56. The molecule has 11 heavy (non-hydrogen) atoms. The van der Waals surface area contributed by atoms with E-state index in [0.717, 1.165) is 12.5 Å². The average molecular weight is 155 g/mol. The van der Waals surface area contributed by atoms with Crippen molar-refractivity contribution >= 4 is 0 Å². The maximum atomic E-state index is 5.24. The first-order valence-corrected chi connectivity index (χ1v) is 4.44. The summed E-state index contributed by atoms with van der Waals surface area (Å²) >= 11 is 0. The largest absolute Gasteiger partial charge is 0.384 e. The second-order valence-corrected chi connectivity index (χ2v) is 4.21. The highest BCUT2D eigenvalue weighted by molar-refractivity contribution is 5.06. The normalized spacial score (nSPS) is 43.6. The van der Waals surface area contributed by atoms with E-state index in [4.69, 9.17) is 4.74 Å². The van der Waals surface area contributed by atoms with Crippen LogP contribution in [0.15, 0.2) is 0 Å². The molecule has 2 aliphatic rings. The molecule has 0 amide bonds. The van der Waals surface area contributed by atoms with Crippen LogP contribution in [-0.2, 0) is 4.74 Å². The molecular formula is C9H17NO. The van der Waals surface area contributed by atoms with Crippen molar-refractivity contribution in [3.05, 3.63) is 0 Å². The van der Waals surface area contributed by atoms with Gasteiger partial charge >= 0.3 is 0 Å². The molecule has 1 heterocycles. The number of methoxy groups -OCH3 is 1. The number of piperidine rings is 1. The Morgan fingerprint density at radius 1 is 1.64 bits per heavy atom. The van der Waals surface area contributed by atoms with E-state index >= 15 is 0 Å². The van der Waals surface area contributed by atoms with Gasteiger partial charge in [-0.3, -0.25) is 0 Å². The van der Waals surface area contributed by atoms with Crippen LogP contribution < -0.4 is 0 Å². The molecule has 64 valence electrons. The van der Waals surface area contributed by atoms with Gasteiger partial charge in [-0.05, 0) is 37.8 Å². The predicted molar refractivity (Wildman–Crippen MR) is 44.5 cm³/mol. The van der Waals surface area contributed by atoms with Gasteiger partial charge in [0.05, 0.1) is 6.61 Å². The lowest BCUT2D eigenvalue weighted by atomic mass is 9.97. The van der Waals surface area contributed by atoms with Crippen LogP contribution >= 0.6 is 0 Å². The third-order valence-electron chi connectivity index (χ3n) is 3.31. The molecule has 0 aromatic heterocycles. The van der Waals surface area contributed by atoms with Crippen molar-refractivity contribution in [3.8, 4) is 0 Å². The van der Waals surface area contributed by atoms with Gasteiger partial charge in [-0.1, -0.05) is 0 Å². The van der Waals surface area contributed by atoms with Crippen LogP contribution in [0, 0.1) is 11.3 Å². The van der Waals surface area contributed by atoms with Gasteiger partial charge in [0.2, 0.25) is 0 Å². The highest BCUT2D eigenvalue weighted by atomic mass is 16.5. The maximum Gasteiger partial charge on any atom is 0.0522 e. The van der Waals surface area contributed by atoms with Crippen LogP contribution in [-0.4, -0.2) is 38.8 Å². The van der Waals surface area contributed by atoms with Gasteiger partial charge in [-0.25, -0.2) is 0 Å². The highest BCUT2D eigenvalue weighted by Crippen LogP contribution is 2.57. The molecule has 2 heteroatoms. The highest BCUT2D eigenvalue weighted by Gasteiger charge is 2.55. The first-order chi connectivity index (χ1) is 5.27. The quantitative estimate of drug-likeness (QED) is 0.589. The first-order valence-electron chi connectivity index (χ1n) is 4.44. The topological polar surface area (TPSA) is 12.5 Å². The Balaban J connectivity index is 1.92. The molecule has 2 atom stereocenters. The van der Waals surface area contributed by atoms with Gasteiger partial charge in [0.15, 0.2) is 0 Å². The second-order valence-electron chi connectivity index (χ2n) is 4.21. The van der Waals surface area contributed by atoms with Gasteiger partial charge in [-0.2, -0.15) is 0 Å². The molecule has 0 N–H and O–H groups in total. The molecular weight excluding hydrogens is 138 g/mol. The predicted octanol–water partition coefficient (Wildman–Crippen LogP) is 0.975. The summed E-state index contributed by atoms with van der Waals surface area (Å²) in [6, 6.07) is 0. The van der Waals surface area contributed by atoms with Gasteiger partial charge < -0.3 is 9.64 Å². The Morgan fingerprint density at radius 3 is 3.09 bits per heavy atom. The molecule has 2 unspecified atom stereocenters. The van der Waals surface area contributed by atoms with E-state index in [0.29, 0.717) is 5.41 Å². The summed E-state index contributed by atoms with van der Waals surface area (Å²) in [5, 5.41) is 0. The van der Waals surface area contributed by atoms with Crippen molar-refractivity contribution in [1.82, 2.24) is 4.90 Å². The third kappa shape index (κ3) is 1.18. The Bertz CT molecular complexity index is 160. The number of rotatable bonds is 2. The molecule has 1 aliphatic heterocycles. The van der Waals surface area contributed by atoms with Crippen LogP contribution in [0.2, 0.25) is 0 Å². The Labute approximate surface area is 68.5 Å². The monoisotopic (exact) mass is 155 g/mol. The number of hydrogen-bond acceptors (Lipinski definition) is 2. The molecule has 1 aliphatic carbocycles. The standard InChI is InChI=1S/C9H17NO/c1-10-4-3-9(7-11-2)5-8(9)6-10/h8H,3-7H2,1-2H3. The van der Waals surface area contributed by atoms with E-state index in [2.05, 4.69) is 11.9 Å². The van der Waals surface area contributed by atoms with E-state index in [-0.39, 0.29) is 0 Å². The van der Waals surface area contributed by atoms with Gasteiger partial charge in [0, 0.05) is 13.7 Å². The summed E-state index contributed by atoms with van der Waals surface area (Å²) in [4.78, 5) is 2.44. The van der Waals surface area contributed by atoms with Crippen molar-refractivity contribution in [2.75, 3.05) is 33.9 Å². The van der Waals surface area contributed by atoms with Crippen LogP contribution in [0.25, 0.3) is 0 Å². The number of hydrogen-bond donors (Lipinski definition) is 0. The van der Waals surface area contributed by atoms with E-state index in [9.17, 15) is 0 Å². The molecule has 0 aromatic rings. The maximum absolute atomic E-state index is 5.24. The minimum atomic E-state index is 0.612. The minimum Gasteiger partial charge on any atom is -0.384 e. The summed E-state index contributed by atoms with van der Waals surface area (Å²) in [5.74, 6) is 0.946. The number of nitrogens with zero attached hydrogens (tertiary/aromatic N) is 1. The molecule has 2 fully saturated rings. The lowest BCUT2D eigenvalue weighted by molar-refractivity contribution is 0.0961. The summed E-state index contributed by atoms with van der Waals surface area (Å²) in [5.41, 5.74) is 0.612. The lowest BCUT2D eigenvalue weighted by Crippen LogP contribution is -2.33. The molecule has 0 bridgehead atoms. The Hall–Kier alpha value is -0.0800. The fraction of sp³-hybridized carbons (Fsp3) is 1.00. The lowest BCUT2D eigenvalue weighted by Gasteiger charge is -2.27. The zero-order chi connectivity index (χ0) is 7.90. The average Bonchev–Trinajstić information content (AvgIpc) is 2.63. The van der Waals surface area contributed by atoms with E-state index in [1.165, 1.54) is 25.9 Å². The molecule has 0 spiro atoms. The fourth-order valence-electron chi connectivity index (χ4n) is 2.41. The van der Waals surface area contributed by atoms with Crippen molar-refractivity contribution in [3.63, 3.8) is 0 Å². The SMILES string of the molecule is COCC12CCN(C)CC1C2. The van der Waals surface area contributed by atoms with Crippen LogP contribution in [0.3, 0.4) is 0 Å². The molecule has 2 nitrogen and oxygen atoms in total. The van der Waals surface area contributed by atoms with Crippen LogP contribution in [0.5, 0.6) is 0 Å². The number of fused-ring (bicyclic) bond motifs is 1. The molecule has 0 radical (unpaired) electrons. The van der Waals surface area contributed by atoms with Crippen molar-refractivity contribution in [2.45, 2.75) is 12.8 Å². The summed E-state index contributed by atoms with van der Waals surface area (Å²) in [6.45, 7) is 3.55. The number of likely N-dealkylation sites (tertiary alicyclic amines) is 1. The van der Waals surface area contributed by atoms with Crippen molar-refractivity contribution in [2.24, 2.45) is 11.3 Å². The van der Waals surface area contributed by atoms with E-state index in [1.807, 2.05) is 7.11 Å². The summed E-state index contributed by atoms with van der Waals surface area (Å²) < 4.78 is 5.24. The molecule has 1 saturated heterocycles. The second kappa shape index (κ2) is 2.46. The number of ether oxygens (including phenoxy) is 1. The van der Waals surface area contributed by atoms with Crippen molar-refractivity contribution < 1.29 is 4.74 Å². The summed E-state index contributed by atoms with van der Waals surface area (Å²) in [7, 11) is 4.04. The zero-order valence-electron chi connectivity index (χ0n) is 7.47. The zero-order valence-corrected chi connectivity index (χ0v) is 7.47. The van der Waals surface area contributed by atoms with E-state index < -0.39 is 0 Å². The van der Waals surface area contributed by atoms with Crippen LogP contribution in [0.1, 0.15) is 12.8 Å². The van der Waals surface area contributed by atoms with Gasteiger partial charge in [0.25, 0.3) is 0 Å². The fourth-order valence-corrected chi connectivity index (χ4v) is 2.41. The minimum absolute atomic E-state index is 0.612. The van der Waals surface area contributed by atoms with Gasteiger partial charge in [0.1, 0.15) is 0 Å². The third-order valence-corrected chi connectivity index (χ3v) is 3.31. The summed E-state index contributed by atoms with van der Waals surface area (Å²) in [6.07, 6.45) is 2.76. The van der Waals surface area contributed by atoms with Crippen molar-refractivity contribution in [1.29, 1.82) is 0 Å². The Kier molecular flexibility index (Phi) is 1.69. The van der Waals surface area contributed by atoms with E-state index in [1.54, 1.807) is 0 Å². The molecule has 1 saturated carbocycles. The van der Waals surface area contributed by atoms with Gasteiger partial charge in [-0.15, -0.1) is 0 Å². The smallest absolute Gasteiger partial charge is 0.0522 e. The molecule has 0 aromatic carbocycles. The Morgan fingerprint density at radius 2 is 2.45 bits per heavy atom.